The van der Waals surface area contributed by atoms with Gasteiger partial charge in [0.15, 0.2) is 0 Å². The maximum absolute atomic E-state index is 11.4. The largest absolute Gasteiger partial charge is 0.494 e. The van der Waals surface area contributed by atoms with E-state index in [1.54, 1.807) is 23.0 Å². The number of aliphatic carboxylic acids is 1. The molecule has 6 nitrogen and oxygen atoms in total. The maximum Gasteiger partial charge on any atom is 0.304 e. The molecular formula is C22H23N3O3S. The molecule has 0 aliphatic heterocycles. The summed E-state index contributed by atoms with van der Waals surface area (Å²) in [7, 11) is 0. The third kappa shape index (κ3) is 4.56. The smallest absolute Gasteiger partial charge is 0.304 e. The second-order valence-electron chi connectivity index (χ2n) is 7.26. The summed E-state index contributed by atoms with van der Waals surface area (Å²) in [4.78, 5) is 20.8. The van der Waals surface area contributed by atoms with Gasteiger partial charge in [0.1, 0.15) is 11.6 Å². The Morgan fingerprint density at radius 3 is 2.83 bits per heavy atom. The van der Waals surface area contributed by atoms with E-state index in [4.69, 9.17) is 4.74 Å². The molecule has 2 unspecified atom stereocenters. The maximum atomic E-state index is 11.4. The van der Waals surface area contributed by atoms with Crippen molar-refractivity contribution in [3.8, 4) is 5.75 Å². The Balaban J connectivity index is 1.29. The molecule has 0 spiro atoms. The van der Waals surface area contributed by atoms with E-state index in [0.29, 0.717) is 6.61 Å². The van der Waals surface area contributed by atoms with Crippen molar-refractivity contribution in [3.05, 3.63) is 70.8 Å². The number of hydrogen-bond acceptors (Lipinski definition) is 6. The Hall–Kier alpha value is -2.93. The van der Waals surface area contributed by atoms with Gasteiger partial charge in [-0.15, -0.1) is 11.3 Å². The SMILES string of the molecule is O=C(O)CC1(c2cncs2)CC1c1ccc(OCCCNc2ccccn2)cc1. The lowest BCUT2D eigenvalue weighted by atomic mass is 9.94. The molecule has 0 saturated heterocycles. The molecule has 1 aliphatic carbocycles. The van der Waals surface area contributed by atoms with Crippen molar-refractivity contribution in [2.45, 2.75) is 30.6 Å². The van der Waals surface area contributed by atoms with E-state index in [1.807, 2.05) is 36.5 Å². The van der Waals surface area contributed by atoms with Gasteiger partial charge in [-0.05, 0) is 48.6 Å². The van der Waals surface area contributed by atoms with Gasteiger partial charge in [0.05, 0.1) is 18.5 Å². The third-order valence-corrected chi connectivity index (χ3v) is 6.30. The van der Waals surface area contributed by atoms with Crippen molar-refractivity contribution in [2.75, 3.05) is 18.5 Å². The molecular weight excluding hydrogens is 386 g/mol. The number of rotatable bonds is 10. The highest BCUT2D eigenvalue weighted by atomic mass is 32.1. The number of anilines is 1. The summed E-state index contributed by atoms with van der Waals surface area (Å²) in [5, 5.41) is 12.6. The van der Waals surface area contributed by atoms with Gasteiger partial charge in [0.2, 0.25) is 0 Å². The van der Waals surface area contributed by atoms with Crippen molar-refractivity contribution in [1.29, 1.82) is 0 Å². The lowest BCUT2D eigenvalue weighted by Crippen LogP contribution is -2.14. The number of carboxylic acid groups (broad SMARTS) is 1. The number of benzene rings is 1. The number of ether oxygens (including phenoxy) is 1. The standard InChI is InChI=1S/C22H23N3O3S/c26-21(27)13-22(19-14-23-15-29-19)12-18(22)16-5-7-17(8-6-16)28-11-3-10-25-20-4-1-2-9-24-20/h1-2,4-9,14-15,18H,3,10-13H2,(H,24,25)(H,26,27). The number of aromatic nitrogens is 2. The van der Waals surface area contributed by atoms with E-state index >= 15 is 0 Å². The number of nitrogens with one attached hydrogen (secondary N) is 1. The molecule has 2 N–H and O–H groups in total. The molecule has 1 saturated carbocycles. The minimum atomic E-state index is -0.764. The quantitative estimate of drug-likeness (QED) is 0.485. The fourth-order valence-corrected chi connectivity index (χ4v) is 4.66. The minimum Gasteiger partial charge on any atom is -0.494 e. The van der Waals surface area contributed by atoms with E-state index in [0.717, 1.165) is 41.4 Å². The zero-order valence-corrected chi connectivity index (χ0v) is 16.8. The number of nitrogens with zero attached hydrogens (tertiary/aromatic N) is 2. The Bertz CT molecular complexity index is 932. The van der Waals surface area contributed by atoms with Crippen molar-refractivity contribution < 1.29 is 14.6 Å². The zero-order valence-electron chi connectivity index (χ0n) is 16.0. The van der Waals surface area contributed by atoms with Crippen LogP contribution in [0.4, 0.5) is 5.82 Å². The average molecular weight is 410 g/mol. The molecule has 0 bridgehead atoms. The number of hydrogen-bond donors (Lipinski definition) is 2. The molecule has 7 heteroatoms. The second-order valence-corrected chi connectivity index (χ2v) is 8.15. The molecule has 1 aromatic carbocycles. The van der Waals surface area contributed by atoms with Gasteiger partial charge in [0.25, 0.3) is 0 Å². The third-order valence-electron chi connectivity index (χ3n) is 5.31. The highest BCUT2D eigenvalue weighted by molar-refractivity contribution is 7.09. The van der Waals surface area contributed by atoms with Crippen molar-refractivity contribution >= 4 is 23.1 Å². The Morgan fingerprint density at radius 1 is 1.28 bits per heavy atom. The molecule has 1 fully saturated rings. The predicted octanol–water partition coefficient (Wildman–Crippen LogP) is 4.32. The van der Waals surface area contributed by atoms with Gasteiger partial charge in [-0.25, -0.2) is 4.98 Å². The highest BCUT2D eigenvalue weighted by Gasteiger charge is 2.57. The van der Waals surface area contributed by atoms with Crippen LogP contribution >= 0.6 is 11.3 Å². The monoisotopic (exact) mass is 409 g/mol. The second kappa shape index (κ2) is 8.61. The fourth-order valence-electron chi connectivity index (χ4n) is 3.77. The van der Waals surface area contributed by atoms with Crippen LogP contribution in [0.25, 0.3) is 0 Å². The summed E-state index contributed by atoms with van der Waals surface area (Å²) in [6.45, 7) is 1.41. The average Bonchev–Trinajstić information content (AvgIpc) is 3.17. The van der Waals surface area contributed by atoms with Gasteiger partial charge in [-0.1, -0.05) is 18.2 Å². The first-order valence-corrected chi connectivity index (χ1v) is 10.5. The molecule has 4 rings (SSSR count). The van der Waals surface area contributed by atoms with E-state index in [-0.39, 0.29) is 17.8 Å². The van der Waals surface area contributed by atoms with Crippen LogP contribution in [-0.4, -0.2) is 34.2 Å². The summed E-state index contributed by atoms with van der Waals surface area (Å²) in [5.41, 5.74) is 2.62. The first-order valence-electron chi connectivity index (χ1n) is 9.66. The number of thiazole rings is 1. The van der Waals surface area contributed by atoms with Crippen LogP contribution in [-0.2, 0) is 10.2 Å². The fraction of sp³-hybridized carbons (Fsp3) is 0.318. The van der Waals surface area contributed by atoms with Gasteiger partial charge >= 0.3 is 5.97 Å². The Kier molecular flexibility index (Phi) is 5.76. The number of carbonyl (C=O) groups is 1. The van der Waals surface area contributed by atoms with Crippen LogP contribution in [0.1, 0.15) is 35.6 Å². The molecule has 3 aromatic rings. The molecule has 2 heterocycles. The van der Waals surface area contributed by atoms with Gasteiger partial charge in [-0.3, -0.25) is 9.78 Å². The zero-order chi connectivity index (χ0) is 20.1. The van der Waals surface area contributed by atoms with Crippen LogP contribution in [0.2, 0.25) is 0 Å². The van der Waals surface area contributed by atoms with E-state index in [9.17, 15) is 9.90 Å². The highest BCUT2D eigenvalue weighted by Crippen LogP contribution is 2.63. The topological polar surface area (TPSA) is 84.3 Å². The first kappa shape index (κ1) is 19.4. The number of pyridine rings is 1. The van der Waals surface area contributed by atoms with Crippen molar-refractivity contribution in [1.82, 2.24) is 9.97 Å². The molecule has 29 heavy (non-hydrogen) atoms. The molecule has 0 radical (unpaired) electrons. The van der Waals surface area contributed by atoms with Crippen LogP contribution in [0, 0.1) is 0 Å². The van der Waals surface area contributed by atoms with Crippen LogP contribution in [0.15, 0.2) is 60.4 Å². The van der Waals surface area contributed by atoms with Crippen molar-refractivity contribution in [3.63, 3.8) is 0 Å². The normalized spacial score (nSPS) is 20.2. The van der Waals surface area contributed by atoms with Gasteiger partial charge in [0, 0.05) is 29.2 Å². The van der Waals surface area contributed by atoms with Crippen LogP contribution < -0.4 is 10.1 Å². The van der Waals surface area contributed by atoms with E-state index < -0.39 is 5.97 Å². The molecule has 150 valence electrons. The van der Waals surface area contributed by atoms with Crippen molar-refractivity contribution in [2.24, 2.45) is 0 Å². The van der Waals surface area contributed by atoms with Gasteiger partial charge in [-0.2, -0.15) is 0 Å². The van der Waals surface area contributed by atoms with E-state index in [1.165, 1.54) is 0 Å². The first-order chi connectivity index (χ1) is 14.2. The molecule has 0 amide bonds. The molecule has 2 aromatic heterocycles. The summed E-state index contributed by atoms with van der Waals surface area (Å²) in [5.74, 6) is 1.15. The van der Waals surface area contributed by atoms with Crippen LogP contribution in [0.3, 0.4) is 0 Å². The predicted molar refractivity (Wildman–Crippen MR) is 113 cm³/mol. The van der Waals surface area contributed by atoms with Gasteiger partial charge < -0.3 is 15.2 Å². The molecule has 1 aliphatic rings. The lowest BCUT2D eigenvalue weighted by molar-refractivity contribution is -0.137. The minimum absolute atomic E-state index is 0.140. The number of carboxylic acids is 1. The lowest BCUT2D eigenvalue weighted by Gasteiger charge is -2.13. The summed E-state index contributed by atoms with van der Waals surface area (Å²) >= 11 is 1.54. The Labute approximate surface area is 173 Å². The summed E-state index contributed by atoms with van der Waals surface area (Å²) in [6, 6.07) is 13.8. The summed E-state index contributed by atoms with van der Waals surface area (Å²) < 4.78 is 5.83. The molecule has 2 atom stereocenters. The van der Waals surface area contributed by atoms with E-state index in [2.05, 4.69) is 27.4 Å². The Morgan fingerprint density at radius 2 is 2.14 bits per heavy atom. The summed E-state index contributed by atoms with van der Waals surface area (Å²) in [6.07, 6.45) is 5.43. The van der Waals surface area contributed by atoms with Crippen LogP contribution in [0.5, 0.6) is 5.75 Å².